The van der Waals surface area contributed by atoms with E-state index in [0.717, 1.165) is 30.4 Å². The summed E-state index contributed by atoms with van der Waals surface area (Å²) in [4.78, 5) is 14.3. The van der Waals surface area contributed by atoms with Crippen LogP contribution in [0.2, 0.25) is 0 Å². The summed E-state index contributed by atoms with van der Waals surface area (Å²) in [6.45, 7) is 5.08. The highest BCUT2D eigenvalue weighted by Gasteiger charge is 2.24. The van der Waals surface area contributed by atoms with E-state index in [0.29, 0.717) is 11.3 Å². The molecule has 1 saturated heterocycles. The molecule has 1 aromatic carbocycles. The van der Waals surface area contributed by atoms with E-state index in [1.807, 2.05) is 17.0 Å². The van der Waals surface area contributed by atoms with Gasteiger partial charge < -0.3 is 14.7 Å². The molecule has 0 saturated carbocycles. The van der Waals surface area contributed by atoms with E-state index in [4.69, 9.17) is 4.74 Å². The highest BCUT2D eigenvalue weighted by molar-refractivity contribution is 9.10. The van der Waals surface area contributed by atoms with E-state index in [2.05, 4.69) is 15.9 Å². The number of aliphatic hydroxyl groups excluding tert-OH is 1. The monoisotopic (exact) mass is 355 g/mol. The van der Waals surface area contributed by atoms with E-state index >= 15 is 0 Å². The zero-order chi connectivity index (χ0) is 15.4. The van der Waals surface area contributed by atoms with Crippen molar-refractivity contribution in [3.05, 3.63) is 28.2 Å². The lowest BCUT2D eigenvalue weighted by Gasteiger charge is -2.29. The molecular weight excluding hydrogens is 334 g/mol. The minimum absolute atomic E-state index is 0.0196. The van der Waals surface area contributed by atoms with Crippen molar-refractivity contribution in [3.8, 4) is 5.75 Å². The smallest absolute Gasteiger partial charge is 0.263 e. The van der Waals surface area contributed by atoms with Gasteiger partial charge >= 0.3 is 0 Å². The fraction of sp³-hybridized carbons (Fsp3) is 0.562. The Morgan fingerprint density at radius 3 is 2.57 bits per heavy atom. The summed E-state index contributed by atoms with van der Waals surface area (Å²) in [6.07, 6.45) is 2.14. The van der Waals surface area contributed by atoms with Crippen LogP contribution in [-0.4, -0.2) is 35.1 Å². The van der Waals surface area contributed by atoms with E-state index in [1.54, 1.807) is 19.9 Å². The number of hydrogen-bond donors (Lipinski definition) is 1. The molecule has 0 aromatic heterocycles. The molecule has 1 aliphatic rings. The van der Waals surface area contributed by atoms with Gasteiger partial charge in [0.15, 0.2) is 6.10 Å². The lowest BCUT2D eigenvalue weighted by Crippen LogP contribution is -2.43. The van der Waals surface area contributed by atoms with E-state index < -0.39 is 12.2 Å². The highest BCUT2D eigenvalue weighted by atomic mass is 79.9. The van der Waals surface area contributed by atoms with Crippen molar-refractivity contribution in [2.75, 3.05) is 13.1 Å². The molecule has 0 aliphatic carbocycles. The van der Waals surface area contributed by atoms with Crippen LogP contribution >= 0.6 is 15.9 Å². The number of ether oxygens (including phenoxy) is 1. The molecule has 1 heterocycles. The van der Waals surface area contributed by atoms with Gasteiger partial charge in [-0.05, 0) is 45.2 Å². The van der Waals surface area contributed by atoms with E-state index in [-0.39, 0.29) is 5.91 Å². The van der Waals surface area contributed by atoms with Crippen LogP contribution in [0.1, 0.15) is 44.8 Å². The van der Waals surface area contributed by atoms with Gasteiger partial charge in [-0.3, -0.25) is 4.79 Å². The second-order valence-electron chi connectivity index (χ2n) is 5.50. The predicted molar refractivity (Wildman–Crippen MR) is 85.3 cm³/mol. The summed E-state index contributed by atoms with van der Waals surface area (Å²) in [5, 5.41) is 9.80. The molecule has 1 fully saturated rings. The number of hydrogen-bond acceptors (Lipinski definition) is 3. The lowest BCUT2D eigenvalue weighted by molar-refractivity contribution is -0.138. The molecular formula is C16H22BrNO3. The lowest BCUT2D eigenvalue weighted by atomic mass is 10.1. The number of likely N-dealkylation sites (tertiary alicyclic amines) is 1. The van der Waals surface area contributed by atoms with Gasteiger partial charge in [-0.1, -0.05) is 22.0 Å². The Hall–Kier alpha value is -1.07. The van der Waals surface area contributed by atoms with Crippen LogP contribution < -0.4 is 4.74 Å². The van der Waals surface area contributed by atoms with Gasteiger partial charge in [0.1, 0.15) is 5.75 Å². The van der Waals surface area contributed by atoms with Crippen LogP contribution in [0.25, 0.3) is 0 Å². The van der Waals surface area contributed by atoms with Crippen LogP contribution in [0.3, 0.4) is 0 Å². The number of rotatable bonds is 4. The van der Waals surface area contributed by atoms with E-state index in [1.165, 1.54) is 6.42 Å². The second-order valence-corrected chi connectivity index (χ2v) is 6.42. The maximum absolute atomic E-state index is 12.4. The van der Waals surface area contributed by atoms with Crippen LogP contribution in [0.5, 0.6) is 5.75 Å². The van der Waals surface area contributed by atoms with Crippen molar-refractivity contribution >= 4 is 21.8 Å². The predicted octanol–water partition coefficient (Wildman–Crippen LogP) is 3.28. The summed E-state index contributed by atoms with van der Waals surface area (Å²) >= 11 is 3.39. The van der Waals surface area contributed by atoms with Crippen LogP contribution in [0.4, 0.5) is 0 Å². The second kappa shape index (κ2) is 7.27. The highest BCUT2D eigenvalue weighted by Crippen LogP contribution is 2.29. The zero-order valence-electron chi connectivity index (χ0n) is 12.5. The summed E-state index contributed by atoms with van der Waals surface area (Å²) in [5.41, 5.74) is 0.691. The zero-order valence-corrected chi connectivity index (χ0v) is 14.1. The summed E-state index contributed by atoms with van der Waals surface area (Å²) in [5.74, 6) is 0.573. The Kier molecular flexibility index (Phi) is 5.65. The Morgan fingerprint density at radius 1 is 1.29 bits per heavy atom. The minimum Gasteiger partial charge on any atom is -0.480 e. The molecule has 116 valence electrons. The Labute approximate surface area is 134 Å². The fourth-order valence-electron chi connectivity index (χ4n) is 2.57. The fourth-order valence-corrected chi connectivity index (χ4v) is 2.91. The maximum atomic E-state index is 12.4. The third kappa shape index (κ3) is 4.20. The largest absolute Gasteiger partial charge is 0.480 e. The molecule has 0 radical (unpaired) electrons. The number of carbonyl (C=O) groups is 1. The maximum Gasteiger partial charge on any atom is 0.263 e. The molecule has 1 unspecified atom stereocenters. The van der Waals surface area contributed by atoms with Crippen molar-refractivity contribution in [3.63, 3.8) is 0 Å². The molecule has 2 atom stereocenters. The van der Waals surface area contributed by atoms with Gasteiger partial charge in [0.25, 0.3) is 5.91 Å². The van der Waals surface area contributed by atoms with Gasteiger partial charge in [0.05, 0.1) is 6.10 Å². The minimum atomic E-state index is -0.634. The number of benzene rings is 1. The first-order valence-electron chi connectivity index (χ1n) is 7.42. The Bertz CT molecular complexity index is 498. The van der Waals surface area contributed by atoms with Crippen LogP contribution in [0.15, 0.2) is 22.7 Å². The summed E-state index contributed by atoms with van der Waals surface area (Å²) in [7, 11) is 0. The average molecular weight is 356 g/mol. The first-order valence-corrected chi connectivity index (χ1v) is 8.21. The number of halogens is 1. The average Bonchev–Trinajstić information content (AvgIpc) is 2.47. The van der Waals surface area contributed by atoms with Crippen LogP contribution in [0, 0.1) is 0 Å². The number of nitrogens with zero attached hydrogens (tertiary/aromatic N) is 1. The van der Waals surface area contributed by atoms with Gasteiger partial charge in [0.2, 0.25) is 0 Å². The summed E-state index contributed by atoms with van der Waals surface area (Å²) < 4.78 is 6.68. The molecule has 1 aromatic rings. The first-order chi connectivity index (χ1) is 9.99. The SMILES string of the molecule is CC(Oc1cc(Br)ccc1[C@@H](C)O)C(=O)N1CCCCC1. The van der Waals surface area contributed by atoms with Gasteiger partial charge in [-0.2, -0.15) is 0 Å². The molecule has 1 amide bonds. The van der Waals surface area contributed by atoms with Gasteiger partial charge in [-0.25, -0.2) is 0 Å². The van der Waals surface area contributed by atoms with Gasteiger partial charge in [-0.15, -0.1) is 0 Å². The normalized spacial score (nSPS) is 18.2. The molecule has 1 N–H and O–H groups in total. The Morgan fingerprint density at radius 2 is 1.95 bits per heavy atom. The quantitative estimate of drug-likeness (QED) is 0.901. The first kappa shape index (κ1) is 16.3. The third-order valence-corrected chi connectivity index (χ3v) is 4.24. The summed E-state index contributed by atoms with van der Waals surface area (Å²) in [6, 6.07) is 5.45. The molecule has 2 rings (SSSR count). The van der Waals surface area contributed by atoms with Crippen LogP contribution in [-0.2, 0) is 4.79 Å². The number of piperidine rings is 1. The van der Waals surface area contributed by atoms with Crippen molar-refractivity contribution < 1.29 is 14.6 Å². The van der Waals surface area contributed by atoms with E-state index in [9.17, 15) is 9.90 Å². The molecule has 4 nitrogen and oxygen atoms in total. The topological polar surface area (TPSA) is 49.8 Å². The van der Waals surface area contributed by atoms with Crippen molar-refractivity contribution in [1.82, 2.24) is 4.90 Å². The molecule has 1 aliphatic heterocycles. The molecule has 0 spiro atoms. The van der Waals surface area contributed by atoms with Gasteiger partial charge in [0, 0.05) is 23.1 Å². The number of aliphatic hydroxyl groups is 1. The standard InChI is InChI=1S/C16H22BrNO3/c1-11(19)14-7-6-13(17)10-15(14)21-12(2)16(20)18-8-4-3-5-9-18/h6-7,10-12,19H,3-5,8-9H2,1-2H3/t11-,12?/m1/s1. The Balaban J connectivity index is 2.09. The number of carbonyl (C=O) groups excluding carboxylic acids is 1. The molecule has 0 bridgehead atoms. The van der Waals surface area contributed by atoms with Crippen molar-refractivity contribution in [2.45, 2.75) is 45.3 Å². The third-order valence-electron chi connectivity index (χ3n) is 3.74. The van der Waals surface area contributed by atoms with Crippen molar-refractivity contribution in [2.24, 2.45) is 0 Å². The molecule has 5 heteroatoms. The molecule has 21 heavy (non-hydrogen) atoms. The number of amides is 1. The van der Waals surface area contributed by atoms with Crippen molar-refractivity contribution in [1.29, 1.82) is 0 Å².